The van der Waals surface area contributed by atoms with Crippen LogP contribution in [0.4, 0.5) is 10.5 Å². The van der Waals surface area contributed by atoms with Gasteiger partial charge < -0.3 is 14.2 Å². The number of amides is 1. The van der Waals surface area contributed by atoms with E-state index in [4.69, 9.17) is 9.47 Å². The van der Waals surface area contributed by atoms with Crippen molar-refractivity contribution in [1.29, 1.82) is 0 Å². The van der Waals surface area contributed by atoms with Gasteiger partial charge in [0, 0.05) is 18.7 Å². The van der Waals surface area contributed by atoms with E-state index in [9.17, 15) is 14.4 Å². The molecule has 1 amide bonds. The minimum absolute atomic E-state index is 0.00657. The van der Waals surface area contributed by atoms with Crippen molar-refractivity contribution >= 4 is 23.7 Å². The molecule has 0 aliphatic rings. The first-order valence-corrected chi connectivity index (χ1v) is 6.53. The number of rotatable bonds is 3. The monoisotopic (exact) mass is 309 g/mol. The van der Waals surface area contributed by atoms with Crippen molar-refractivity contribution in [3.63, 3.8) is 0 Å². The second-order valence-corrected chi connectivity index (χ2v) is 5.42. The molecule has 22 heavy (non-hydrogen) atoms. The first kappa shape index (κ1) is 17.5. The molecule has 7 nitrogen and oxygen atoms in total. The number of carbonyl (C=O) groups excluding carboxylic acids is 3. The second-order valence-electron chi connectivity index (χ2n) is 5.42. The summed E-state index contributed by atoms with van der Waals surface area (Å²) in [6.45, 7) is 6.40. The first-order chi connectivity index (χ1) is 10.1. The van der Waals surface area contributed by atoms with Crippen molar-refractivity contribution in [3.8, 4) is 5.75 Å². The SMILES string of the molecule is COC(=O)c1ccc(NC(=O)OC(C)(C)C)cc1OC(C)=O. The lowest BCUT2D eigenvalue weighted by molar-refractivity contribution is -0.131. The van der Waals surface area contributed by atoms with Crippen LogP contribution in [0, 0.1) is 0 Å². The smallest absolute Gasteiger partial charge is 0.412 e. The summed E-state index contributed by atoms with van der Waals surface area (Å²) < 4.78 is 14.7. The molecule has 0 fully saturated rings. The standard InChI is InChI=1S/C15H19NO6/c1-9(17)21-12-8-10(6-7-11(12)13(18)20-5)16-14(19)22-15(2,3)4/h6-8H,1-5H3,(H,16,19). The Balaban J connectivity index is 3.01. The Kier molecular flexibility index (Phi) is 5.50. The summed E-state index contributed by atoms with van der Waals surface area (Å²) in [5.41, 5.74) is -0.250. The minimum Gasteiger partial charge on any atom is -0.465 e. The molecule has 0 bridgehead atoms. The number of hydrogen-bond acceptors (Lipinski definition) is 6. The van der Waals surface area contributed by atoms with Crippen molar-refractivity contribution < 1.29 is 28.6 Å². The van der Waals surface area contributed by atoms with Crippen molar-refractivity contribution in [1.82, 2.24) is 0 Å². The van der Waals surface area contributed by atoms with Gasteiger partial charge >= 0.3 is 18.0 Å². The van der Waals surface area contributed by atoms with Gasteiger partial charge in [-0.1, -0.05) is 0 Å². The maximum absolute atomic E-state index is 11.7. The molecular weight excluding hydrogens is 290 g/mol. The number of hydrogen-bond donors (Lipinski definition) is 1. The molecule has 0 saturated carbocycles. The highest BCUT2D eigenvalue weighted by Crippen LogP contribution is 2.25. The third kappa shape index (κ3) is 5.43. The van der Waals surface area contributed by atoms with Crippen LogP contribution in [0.2, 0.25) is 0 Å². The lowest BCUT2D eigenvalue weighted by atomic mass is 10.2. The van der Waals surface area contributed by atoms with E-state index < -0.39 is 23.6 Å². The third-order valence-corrected chi connectivity index (χ3v) is 2.29. The van der Waals surface area contributed by atoms with E-state index in [0.29, 0.717) is 5.69 Å². The number of ether oxygens (including phenoxy) is 3. The molecule has 120 valence electrons. The fraction of sp³-hybridized carbons (Fsp3) is 0.400. The van der Waals surface area contributed by atoms with Gasteiger partial charge in [-0.05, 0) is 32.9 Å². The highest BCUT2D eigenvalue weighted by Gasteiger charge is 2.19. The topological polar surface area (TPSA) is 90.9 Å². The summed E-state index contributed by atoms with van der Waals surface area (Å²) in [6, 6.07) is 4.21. The number of benzene rings is 1. The predicted molar refractivity (Wildman–Crippen MR) is 78.9 cm³/mol. The van der Waals surface area contributed by atoms with E-state index in [-0.39, 0.29) is 11.3 Å². The van der Waals surface area contributed by atoms with Gasteiger partial charge in [0.05, 0.1) is 7.11 Å². The molecule has 1 aromatic rings. The van der Waals surface area contributed by atoms with Gasteiger partial charge in [-0.15, -0.1) is 0 Å². The lowest BCUT2D eigenvalue weighted by Gasteiger charge is -2.20. The Morgan fingerprint density at radius 2 is 1.77 bits per heavy atom. The molecule has 0 heterocycles. The van der Waals surface area contributed by atoms with Gasteiger partial charge in [-0.2, -0.15) is 0 Å². The fourth-order valence-electron chi connectivity index (χ4n) is 1.54. The number of nitrogens with one attached hydrogen (secondary N) is 1. The zero-order chi connectivity index (χ0) is 16.9. The molecule has 1 aromatic carbocycles. The summed E-state index contributed by atoms with van der Waals surface area (Å²) in [5, 5.41) is 2.49. The summed E-state index contributed by atoms with van der Waals surface area (Å²) in [4.78, 5) is 34.4. The molecular formula is C15H19NO6. The highest BCUT2D eigenvalue weighted by molar-refractivity contribution is 5.95. The van der Waals surface area contributed by atoms with Crippen LogP contribution >= 0.6 is 0 Å². The summed E-state index contributed by atoms with van der Waals surface area (Å²) in [6.07, 6.45) is -0.660. The van der Waals surface area contributed by atoms with Crippen LogP contribution in [0.1, 0.15) is 38.1 Å². The Labute approximate surface area is 128 Å². The third-order valence-electron chi connectivity index (χ3n) is 2.29. The fourth-order valence-corrected chi connectivity index (χ4v) is 1.54. The molecule has 0 unspecified atom stereocenters. The van der Waals surface area contributed by atoms with E-state index in [1.165, 1.54) is 32.2 Å². The van der Waals surface area contributed by atoms with Crippen LogP contribution in [0.3, 0.4) is 0 Å². The van der Waals surface area contributed by atoms with Gasteiger partial charge in [0.2, 0.25) is 0 Å². The number of anilines is 1. The van der Waals surface area contributed by atoms with Crippen LogP contribution in [0.25, 0.3) is 0 Å². The van der Waals surface area contributed by atoms with Gasteiger partial charge in [0.25, 0.3) is 0 Å². The van der Waals surface area contributed by atoms with E-state index in [0.717, 1.165) is 0 Å². The van der Waals surface area contributed by atoms with Crippen molar-refractivity contribution in [2.45, 2.75) is 33.3 Å². The van der Waals surface area contributed by atoms with Crippen LogP contribution in [-0.4, -0.2) is 30.7 Å². The number of carbonyl (C=O) groups is 3. The van der Waals surface area contributed by atoms with E-state index in [1.807, 2.05) is 0 Å². The number of esters is 2. The maximum atomic E-state index is 11.7. The Bertz CT molecular complexity index is 588. The van der Waals surface area contributed by atoms with Gasteiger partial charge in [0.1, 0.15) is 16.9 Å². The van der Waals surface area contributed by atoms with Crippen molar-refractivity contribution in [3.05, 3.63) is 23.8 Å². The highest BCUT2D eigenvalue weighted by atomic mass is 16.6. The predicted octanol–water partition coefficient (Wildman–Crippen LogP) is 2.75. The van der Waals surface area contributed by atoms with E-state index in [2.05, 4.69) is 10.1 Å². The van der Waals surface area contributed by atoms with Gasteiger partial charge in [-0.25, -0.2) is 9.59 Å². The zero-order valence-corrected chi connectivity index (χ0v) is 13.2. The van der Waals surface area contributed by atoms with E-state index in [1.54, 1.807) is 20.8 Å². The lowest BCUT2D eigenvalue weighted by Crippen LogP contribution is -2.27. The average Bonchev–Trinajstić information content (AvgIpc) is 2.35. The Morgan fingerprint density at radius 3 is 2.27 bits per heavy atom. The molecule has 0 saturated heterocycles. The van der Waals surface area contributed by atoms with Crippen LogP contribution in [0.5, 0.6) is 5.75 Å². The molecule has 1 N–H and O–H groups in total. The van der Waals surface area contributed by atoms with Crippen LogP contribution in [0.15, 0.2) is 18.2 Å². The normalized spacial score (nSPS) is 10.6. The van der Waals surface area contributed by atoms with Crippen molar-refractivity contribution in [2.24, 2.45) is 0 Å². The average molecular weight is 309 g/mol. The van der Waals surface area contributed by atoms with Crippen molar-refractivity contribution in [2.75, 3.05) is 12.4 Å². The Morgan fingerprint density at radius 1 is 1.14 bits per heavy atom. The molecule has 1 rings (SSSR count). The van der Waals surface area contributed by atoms with Gasteiger partial charge in [0.15, 0.2) is 0 Å². The maximum Gasteiger partial charge on any atom is 0.412 e. The van der Waals surface area contributed by atoms with Gasteiger partial charge in [-0.3, -0.25) is 10.1 Å². The molecule has 0 aromatic heterocycles. The largest absolute Gasteiger partial charge is 0.465 e. The minimum atomic E-state index is -0.660. The molecule has 0 spiro atoms. The second kappa shape index (κ2) is 6.93. The Hall–Kier alpha value is -2.57. The summed E-state index contributed by atoms with van der Waals surface area (Å²) >= 11 is 0. The molecule has 7 heteroatoms. The van der Waals surface area contributed by atoms with Crippen LogP contribution in [-0.2, 0) is 14.3 Å². The quantitative estimate of drug-likeness (QED) is 0.682. The van der Waals surface area contributed by atoms with Crippen LogP contribution < -0.4 is 10.1 Å². The molecule has 0 radical (unpaired) electrons. The molecule has 0 aliphatic carbocycles. The summed E-state index contributed by atoms with van der Waals surface area (Å²) in [7, 11) is 1.22. The molecule has 0 atom stereocenters. The summed E-state index contributed by atoms with van der Waals surface area (Å²) in [5.74, 6) is -1.26. The molecule has 0 aliphatic heterocycles. The van der Waals surface area contributed by atoms with E-state index >= 15 is 0 Å². The zero-order valence-electron chi connectivity index (χ0n) is 13.2. The number of methoxy groups -OCH3 is 1. The first-order valence-electron chi connectivity index (χ1n) is 6.53.